The van der Waals surface area contributed by atoms with Gasteiger partial charge in [0.1, 0.15) is 5.60 Å². The van der Waals surface area contributed by atoms with Crippen LogP contribution in [0.3, 0.4) is 0 Å². The molecule has 7 nitrogen and oxygen atoms in total. The minimum absolute atomic E-state index is 0.00448. The van der Waals surface area contributed by atoms with Crippen LogP contribution in [0.25, 0.3) is 0 Å². The van der Waals surface area contributed by atoms with E-state index in [1.807, 2.05) is 49.2 Å². The second kappa shape index (κ2) is 7.89. The second-order valence-electron chi connectivity index (χ2n) is 8.45. The van der Waals surface area contributed by atoms with Crippen molar-refractivity contribution in [2.45, 2.75) is 25.0 Å². The Hall–Kier alpha value is -2.22. The molecule has 2 saturated heterocycles. The van der Waals surface area contributed by atoms with E-state index in [0.29, 0.717) is 25.1 Å². The zero-order valence-electron chi connectivity index (χ0n) is 17.6. The molecule has 0 spiro atoms. The molecule has 156 valence electrons. The number of nitrogens with zero attached hydrogens (tertiary/aromatic N) is 5. The summed E-state index contributed by atoms with van der Waals surface area (Å²) < 4.78 is 1.69. The summed E-state index contributed by atoms with van der Waals surface area (Å²) in [5, 5.41) is 16.2. The third kappa shape index (κ3) is 3.82. The van der Waals surface area contributed by atoms with Gasteiger partial charge in [0.25, 0.3) is 5.91 Å². The Bertz CT molecular complexity index is 859. The van der Waals surface area contributed by atoms with Gasteiger partial charge in [0.05, 0.1) is 17.3 Å². The van der Waals surface area contributed by atoms with Gasteiger partial charge < -0.3 is 14.9 Å². The fourth-order valence-electron chi connectivity index (χ4n) is 4.70. The molecule has 2 fully saturated rings. The molecule has 0 radical (unpaired) electrons. The minimum Gasteiger partial charge on any atom is -0.383 e. The molecule has 2 atom stereocenters. The van der Waals surface area contributed by atoms with Gasteiger partial charge in [-0.15, -0.1) is 0 Å². The van der Waals surface area contributed by atoms with Crippen molar-refractivity contribution in [3.05, 3.63) is 53.3 Å². The summed E-state index contributed by atoms with van der Waals surface area (Å²) in [6.07, 6.45) is 2.32. The smallest absolute Gasteiger partial charge is 0.257 e. The Labute approximate surface area is 172 Å². The van der Waals surface area contributed by atoms with E-state index in [4.69, 9.17) is 0 Å². The lowest BCUT2D eigenvalue weighted by molar-refractivity contribution is -0.101. The van der Waals surface area contributed by atoms with E-state index in [1.54, 1.807) is 10.9 Å². The highest BCUT2D eigenvalue weighted by Crippen LogP contribution is 2.37. The Morgan fingerprint density at radius 3 is 2.41 bits per heavy atom. The summed E-state index contributed by atoms with van der Waals surface area (Å²) in [5.41, 5.74) is 1.37. The van der Waals surface area contributed by atoms with Crippen molar-refractivity contribution in [1.82, 2.24) is 24.5 Å². The van der Waals surface area contributed by atoms with Crippen molar-refractivity contribution in [2.24, 2.45) is 7.05 Å². The molecule has 0 unspecified atom stereocenters. The molecule has 1 aromatic carbocycles. The highest BCUT2D eigenvalue weighted by atomic mass is 16.3. The van der Waals surface area contributed by atoms with Crippen LogP contribution in [-0.2, 0) is 12.6 Å². The lowest BCUT2D eigenvalue weighted by atomic mass is 9.79. The van der Waals surface area contributed by atoms with Crippen molar-refractivity contribution in [3.8, 4) is 0 Å². The molecule has 2 aliphatic heterocycles. The summed E-state index contributed by atoms with van der Waals surface area (Å²) in [6, 6.07) is 9.81. The maximum atomic E-state index is 13.2. The number of amides is 1. The van der Waals surface area contributed by atoms with Crippen molar-refractivity contribution in [1.29, 1.82) is 0 Å². The predicted octanol–water partition coefficient (Wildman–Crippen LogP) is 1.08. The molecule has 0 aliphatic carbocycles. The molecule has 1 aromatic heterocycles. The minimum atomic E-state index is -0.960. The molecule has 2 aromatic rings. The number of aryl methyl sites for hydroxylation is 2. The third-order valence-corrected chi connectivity index (χ3v) is 6.49. The summed E-state index contributed by atoms with van der Waals surface area (Å²) >= 11 is 0. The van der Waals surface area contributed by atoms with Gasteiger partial charge in [0.2, 0.25) is 0 Å². The standard InChI is InChI=1S/C22H31N5O2/c1-17-19(15-25(3)23-17)21(28)27-10-9-22(29,18-7-5-4-6-8-18)20(16-27)26-13-11-24(2)12-14-26/h4-8,15,20,29H,9-14,16H2,1-3H3/t20-,22+/m1/s1. The quantitative estimate of drug-likeness (QED) is 0.840. The normalized spacial score (nSPS) is 26.6. The first-order valence-corrected chi connectivity index (χ1v) is 10.4. The fraction of sp³-hybridized carbons (Fsp3) is 0.545. The number of benzene rings is 1. The summed E-state index contributed by atoms with van der Waals surface area (Å²) in [7, 11) is 3.96. The maximum absolute atomic E-state index is 13.2. The Kier molecular flexibility index (Phi) is 5.46. The zero-order valence-corrected chi connectivity index (χ0v) is 17.6. The zero-order chi connectivity index (χ0) is 20.6. The second-order valence-corrected chi connectivity index (χ2v) is 8.45. The van der Waals surface area contributed by atoms with Crippen LogP contribution in [0.5, 0.6) is 0 Å². The van der Waals surface area contributed by atoms with E-state index in [-0.39, 0.29) is 11.9 Å². The summed E-state index contributed by atoms with van der Waals surface area (Å²) in [6.45, 7) is 6.64. The number of likely N-dealkylation sites (tertiary alicyclic amines) is 1. The van der Waals surface area contributed by atoms with E-state index >= 15 is 0 Å². The van der Waals surface area contributed by atoms with E-state index in [1.165, 1.54) is 0 Å². The molecule has 1 amide bonds. The van der Waals surface area contributed by atoms with Crippen molar-refractivity contribution < 1.29 is 9.90 Å². The predicted molar refractivity (Wildman–Crippen MR) is 112 cm³/mol. The number of piperazine rings is 1. The highest BCUT2D eigenvalue weighted by molar-refractivity contribution is 5.95. The van der Waals surface area contributed by atoms with Crippen LogP contribution in [0, 0.1) is 6.92 Å². The van der Waals surface area contributed by atoms with E-state index < -0.39 is 5.60 Å². The van der Waals surface area contributed by atoms with Gasteiger partial charge >= 0.3 is 0 Å². The number of likely N-dealkylation sites (N-methyl/N-ethyl adjacent to an activating group) is 1. The number of aromatic nitrogens is 2. The molecular formula is C22H31N5O2. The Morgan fingerprint density at radius 2 is 1.79 bits per heavy atom. The Balaban J connectivity index is 1.62. The van der Waals surface area contributed by atoms with Gasteiger partial charge in [0, 0.05) is 52.5 Å². The van der Waals surface area contributed by atoms with Crippen LogP contribution in [-0.4, -0.2) is 87.9 Å². The average molecular weight is 398 g/mol. The van der Waals surface area contributed by atoms with Crippen molar-refractivity contribution in [3.63, 3.8) is 0 Å². The molecule has 1 N–H and O–H groups in total. The fourth-order valence-corrected chi connectivity index (χ4v) is 4.70. The molecule has 2 aliphatic rings. The Morgan fingerprint density at radius 1 is 1.10 bits per heavy atom. The maximum Gasteiger partial charge on any atom is 0.257 e. The average Bonchev–Trinajstić information content (AvgIpc) is 3.07. The van der Waals surface area contributed by atoms with Gasteiger partial charge in [-0.05, 0) is 26.0 Å². The van der Waals surface area contributed by atoms with Gasteiger partial charge in [-0.2, -0.15) is 5.10 Å². The first-order valence-electron chi connectivity index (χ1n) is 10.4. The van der Waals surface area contributed by atoms with Crippen LogP contribution < -0.4 is 0 Å². The van der Waals surface area contributed by atoms with Crippen molar-refractivity contribution in [2.75, 3.05) is 46.3 Å². The summed E-state index contributed by atoms with van der Waals surface area (Å²) in [4.78, 5) is 19.8. The monoisotopic (exact) mass is 397 g/mol. The van der Waals surface area contributed by atoms with Crippen LogP contribution in [0.1, 0.15) is 28.0 Å². The first kappa shape index (κ1) is 20.1. The molecular weight excluding hydrogens is 366 g/mol. The van der Waals surface area contributed by atoms with Gasteiger partial charge in [0.15, 0.2) is 0 Å². The van der Waals surface area contributed by atoms with E-state index in [9.17, 15) is 9.90 Å². The SMILES string of the molecule is Cc1nn(C)cc1C(=O)N1CC[C@](O)(c2ccccc2)[C@H](N2CCN(C)CC2)C1. The highest BCUT2D eigenvalue weighted by Gasteiger charge is 2.47. The molecule has 3 heterocycles. The van der Waals surface area contributed by atoms with E-state index in [0.717, 1.165) is 37.4 Å². The molecule has 0 bridgehead atoms. The number of aliphatic hydroxyl groups is 1. The van der Waals surface area contributed by atoms with Crippen LogP contribution in [0.2, 0.25) is 0 Å². The number of hydrogen-bond donors (Lipinski definition) is 1. The van der Waals surface area contributed by atoms with Crippen LogP contribution in [0.4, 0.5) is 0 Å². The van der Waals surface area contributed by atoms with E-state index in [2.05, 4.69) is 21.9 Å². The number of piperidine rings is 1. The molecule has 7 heteroatoms. The molecule has 29 heavy (non-hydrogen) atoms. The van der Waals surface area contributed by atoms with Gasteiger partial charge in [-0.25, -0.2) is 0 Å². The van der Waals surface area contributed by atoms with Crippen LogP contribution in [0.15, 0.2) is 36.5 Å². The number of carbonyl (C=O) groups is 1. The number of rotatable bonds is 3. The van der Waals surface area contributed by atoms with Gasteiger partial charge in [-0.3, -0.25) is 14.4 Å². The molecule has 4 rings (SSSR count). The first-order chi connectivity index (χ1) is 13.9. The van der Waals surface area contributed by atoms with Crippen LogP contribution >= 0.6 is 0 Å². The third-order valence-electron chi connectivity index (χ3n) is 6.49. The lowest BCUT2D eigenvalue weighted by Crippen LogP contribution is -2.64. The number of carbonyl (C=O) groups excluding carboxylic acids is 1. The molecule has 0 saturated carbocycles. The van der Waals surface area contributed by atoms with Gasteiger partial charge in [-0.1, -0.05) is 30.3 Å². The number of hydrogen-bond acceptors (Lipinski definition) is 5. The largest absolute Gasteiger partial charge is 0.383 e. The summed E-state index contributed by atoms with van der Waals surface area (Å²) in [5.74, 6) is 0.00448. The topological polar surface area (TPSA) is 64.8 Å². The lowest BCUT2D eigenvalue weighted by Gasteiger charge is -2.51. The van der Waals surface area contributed by atoms with Crippen molar-refractivity contribution >= 4 is 5.91 Å².